The van der Waals surface area contributed by atoms with Crippen LogP contribution in [0.3, 0.4) is 0 Å². The number of H-pyrrole nitrogens is 1. The Morgan fingerprint density at radius 1 is 0.869 bits per heavy atom. The Hall–Kier alpha value is -4.97. The molecule has 1 aromatic heterocycles. The van der Waals surface area contributed by atoms with Crippen LogP contribution in [0.15, 0.2) is 101 Å². The van der Waals surface area contributed by atoms with Crippen molar-refractivity contribution in [2.24, 2.45) is 0 Å². The minimum atomic E-state index is -1.88. The molecule has 61 heavy (non-hydrogen) atoms. The molecule has 0 spiro atoms. The summed E-state index contributed by atoms with van der Waals surface area (Å²) in [6, 6.07) is 28.1. The average molecular weight is 860 g/mol. The molecular weight excluding hydrogens is 805 g/mol. The number of nitriles is 1. The van der Waals surface area contributed by atoms with Crippen LogP contribution in [0.5, 0.6) is 11.5 Å². The van der Waals surface area contributed by atoms with Gasteiger partial charge in [0.1, 0.15) is 55.6 Å². The fraction of sp³-hybridized carbons (Fsp3) is 0.455. The summed E-state index contributed by atoms with van der Waals surface area (Å²) in [7, 11) is 1.32. The van der Waals surface area contributed by atoms with Gasteiger partial charge in [0, 0.05) is 24.3 Å². The standard InChI is InChI=1S/C44H54N5O11P/c1-31(2)49(32(3)4)61(58-27-24-46-5)60-40-38(59-42(48-25-22-39(50)47-43(48)51)41(40)56-30-55-29-54-26-11-23-45)28-57-44(33-12-9-8-10-13-33,34-14-18-36(52-6)19-15-34)35-16-20-37(53-7)21-17-35/h8-10,12-22,25,31-32,38,40-42H,11,24,26-30H2,1-4,6-7H3,(H,47,50,51)/t38-,40+,41?,42-,61?/m1/s1. The van der Waals surface area contributed by atoms with Crippen molar-refractivity contribution in [3.05, 3.63) is 140 Å². The largest absolute Gasteiger partial charge is 0.497 e. The van der Waals surface area contributed by atoms with Crippen molar-refractivity contribution in [3.63, 3.8) is 0 Å². The minimum Gasteiger partial charge on any atom is -0.497 e. The third-order valence-corrected chi connectivity index (χ3v) is 11.9. The molecular formula is C44H54N5O11P. The molecule has 1 saturated heterocycles. The molecule has 1 aliphatic heterocycles. The number of nitrogens with zero attached hydrogens (tertiary/aromatic N) is 4. The Morgan fingerprint density at radius 2 is 1.49 bits per heavy atom. The molecule has 5 atom stereocenters. The highest BCUT2D eigenvalue weighted by molar-refractivity contribution is 7.44. The van der Waals surface area contributed by atoms with Crippen LogP contribution >= 0.6 is 8.53 Å². The zero-order valence-corrected chi connectivity index (χ0v) is 36.2. The summed E-state index contributed by atoms with van der Waals surface area (Å²) in [4.78, 5) is 31.5. The topological polar surface area (TPSA) is 169 Å². The van der Waals surface area contributed by atoms with Gasteiger partial charge in [-0.15, -0.1) is 0 Å². The van der Waals surface area contributed by atoms with Gasteiger partial charge in [-0.3, -0.25) is 14.3 Å². The molecule has 0 aliphatic carbocycles. The van der Waals surface area contributed by atoms with Crippen molar-refractivity contribution in [2.45, 2.75) is 76.3 Å². The molecule has 5 rings (SSSR count). The molecule has 17 heteroatoms. The van der Waals surface area contributed by atoms with Gasteiger partial charge in [0.05, 0.1) is 39.9 Å². The predicted molar refractivity (Wildman–Crippen MR) is 227 cm³/mol. The van der Waals surface area contributed by atoms with Gasteiger partial charge in [0.25, 0.3) is 14.1 Å². The number of methoxy groups -OCH3 is 2. The lowest BCUT2D eigenvalue weighted by atomic mass is 9.80. The van der Waals surface area contributed by atoms with E-state index in [0.29, 0.717) is 11.5 Å². The minimum absolute atomic E-state index is 0.0437. The number of ether oxygens (including phenoxy) is 7. The van der Waals surface area contributed by atoms with E-state index >= 15 is 0 Å². The van der Waals surface area contributed by atoms with Gasteiger partial charge < -0.3 is 47.1 Å². The highest BCUT2D eigenvalue weighted by atomic mass is 31.2. The first kappa shape index (κ1) is 47.1. The first-order valence-electron chi connectivity index (χ1n) is 19.9. The lowest BCUT2D eigenvalue weighted by Gasteiger charge is -2.39. The van der Waals surface area contributed by atoms with Crippen LogP contribution in [0.25, 0.3) is 4.85 Å². The van der Waals surface area contributed by atoms with Gasteiger partial charge in [-0.05, 0) is 68.7 Å². The number of hydrogen-bond donors (Lipinski definition) is 1. The zero-order valence-electron chi connectivity index (χ0n) is 35.3. The number of hydrogen-bond acceptors (Lipinski definition) is 13. The average Bonchev–Trinajstić information content (AvgIpc) is 3.59. The summed E-state index contributed by atoms with van der Waals surface area (Å²) in [5.74, 6) is 1.32. The number of rotatable bonds is 24. The number of benzene rings is 3. The fourth-order valence-electron chi connectivity index (χ4n) is 7.07. The van der Waals surface area contributed by atoms with E-state index in [1.54, 1.807) is 14.2 Å². The van der Waals surface area contributed by atoms with E-state index in [1.165, 1.54) is 16.8 Å². The molecule has 0 bridgehead atoms. The maximum atomic E-state index is 13.5. The third-order valence-electron chi connectivity index (χ3n) is 9.78. The van der Waals surface area contributed by atoms with E-state index in [1.807, 2.05) is 113 Å². The molecule has 1 aliphatic rings. The smallest absolute Gasteiger partial charge is 0.330 e. The maximum Gasteiger partial charge on any atom is 0.330 e. The summed E-state index contributed by atoms with van der Waals surface area (Å²) < 4.78 is 59.3. The van der Waals surface area contributed by atoms with Crippen molar-refractivity contribution < 1.29 is 42.2 Å². The second-order valence-corrected chi connectivity index (χ2v) is 15.8. The highest BCUT2D eigenvalue weighted by Gasteiger charge is 2.51. The summed E-state index contributed by atoms with van der Waals surface area (Å²) >= 11 is 0. The Balaban J connectivity index is 1.65. The molecule has 2 unspecified atom stereocenters. The third kappa shape index (κ3) is 11.9. The highest BCUT2D eigenvalue weighted by Crippen LogP contribution is 2.51. The van der Waals surface area contributed by atoms with Crippen LogP contribution < -0.4 is 20.7 Å². The van der Waals surface area contributed by atoms with E-state index in [-0.39, 0.29) is 58.5 Å². The molecule has 16 nitrogen and oxygen atoms in total. The summed E-state index contributed by atoms with van der Waals surface area (Å²) in [5.41, 5.74) is -0.204. The van der Waals surface area contributed by atoms with Gasteiger partial charge >= 0.3 is 5.69 Å². The molecule has 0 radical (unpaired) electrons. The predicted octanol–water partition coefficient (Wildman–Crippen LogP) is 6.37. The van der Waals surface area contributed by atoms with Crippen LogP contribution in [0, 0.1) is 17.9 Å². The number of aromatic amines is 1. The first-order chi connectivity index (χ1) is 29.6. The molecule has 1 N–H and O–H groups in total. The van der Waals surface area contributed by atoms with Gasteiger partial charge in [-0.1, -0.05) is 54.6 Å². The molecule has 0 saturated carbocycles. The summed E-state index contributed by atoms with van der Waals surface area (Å²) in [5, 5.41) is 8.90. The SMILES string of the molecule is [C-]#[N+]CCOP(O[C@@H]1C(OCOCOCCC#N)[C@H](n2ccc(=O)[nH]c2=O)O[C@@H]1COC(c1ccccc1)(c1ccc(OC)cc1)c1ccc(OC)cc1)N(C(C)C)C(C)C. The quantitative estimate of drug-likeness (QED) is 0.0271. The molecule has 3 aromatic carbocycles. The normalized spacial score (nSPS) is 18.3. The van der Waals surface area contributed by atoms with Crippen LogP contribution in [0.1, 0.15) is 57.0 Å². The van der Waals surface area contributed by atoms with E-state index in [2.05, 4.69) is 14.5 Å². The fourth-order valence-corrected chi connectivity index (χ4v) is 8.83. The number of nitrogens with one attached hydrogen (secondary N) is 1. The van der Waals surface area contributed by atoms with Crippen molar-refractivity contribution in [1.29, 1.82) is 5.26 Å². The number of aromatic nitrogens is 2. The van der Waals surface area contributed by atoms with Gasteiger partial charge in [-0.2, -0.15) is 5.26 Å². The van der Waals surface area contributed by atoms with E-state index < -0.39 is 49.9 Å². The van der Waals surface area contributed by atoms with Crippen molar-refractivity contribution in [2.75, 3.05) is 54.2 Å². The summed E-state index contributed by atoms with van der Waals surface area (Å²) in [6.07, 6.45) is -2.64. The second-order valence-electron chi connectivity index (χ2n) is 14.4. The second kappa shape index (κ2) is 23.3. The van der Waals surface area contributed by atoms with Crippen LogP contribution in [-0.4, -0.2) is 98.8 Å². The zero-order chi connectivity index (χ0) is 43.8. The Morgan fingerprint density at radius 3 is 2.05 bits per heavy atom. The van der Waals surface area contributed by atoms with Crippen LogP contribution in [0.2, 0.25) is 0 Å². The monoisotopic (exact) mass is 859 g/mol. The Labute approximate surface area is 357 Å². The van der Waals surface area contributed by atoms with Crippen LogP contribution in [-0.2, 0) is 38.3 Å². The van der Waals surface area contributed by atoms with Crippen LogP contribution in [0.4, 0.5) is 0 Å². The first-order valence-corrected chi connectivity index (χ1v) is 21.0. The lowest BCUT2D eigenvalue weighted by molar-refractivity contribution is -0.174. The van der Waals surface area contributed by atoms with Gasteiger partial charge in [-0.25, -0.2) is 16.0 Å². The molecule has 2 heterocycles. The van der Waals surface area contributed by atoms with E-state index in [0.717, 1.165) is 16.7 Å². The van der Waals surface area contributed by atoms with E-state index in [9.17, 15) is 9.59 Å². The van der Waals surface area contributed by atoms with Crippen molar-refractivity contribution in [3.8, 4) is 17.6 Å². The van der Waals surface area contributed by atoms with Gasteiger partial charge in [0.15, 0.2) is 6.23 Å². The van der Waals surface area contributed by atoms with Crippen molar-refractivity contribution in [1.82, 2.24) is 14.2 Å². The maximum absolute atomic E-state index is 13.5. The molecule has 4 aromatic rings. The molecule has 0 amide bonds. The van der Waals surface area contributed by atoms with Gasteiger partial charge in [0.2, 0.25) is 6.54 Å². The van der Waals surface area contributed by atoms with E-state index in [4.69, 9.17) is 54.0 Å². The van der Waals surface area contributed by atoms with Crippen molar-refractivity contribution >= 4 is 8.53 Å². The molecule has 326 valence electrons. The summed E-state index contributed by atoms with van der Waals surface area (Å²) in [6.45, 7) is 15.3. The molecule has 1 fully saturated rings. The lowest BCUT2D eigenvalue weighted by Crippen LogP contribution is -2.43. The Bertz CT molecular complexity index is 2080. The Kier molecular flexibility index (Phi) is 18.0.